The number of halogens is 1. The molecule has 0 bridgehead atoms. The first kappa shape index (κ1) is 9.55. The summed E-state index contributed by atoms with van der Waals surface area (Å²) < 4.78 is 12.4. The molecule has 12 heavy (non-hydrogen) atoms. The van der Waals surface area contributed by atoms with Crippen LogP contribution >= 0.6 is 12.1 Å². The summed E-state index contributed by atoms with van der Waals surface area (Å²) in [5, 5.41) is 9.28. The van der Waals surface area contributed by atoms with Crippen LogP contribution in [0.1, 0.15) is 24.2 Å². The molecule has 1 aromatic rings. The predicted molar refractivity (Wildman–Crippen MR) is 48.8 cm³/mol. The molecule has 0 amide bonds. The molecule has 1 atom stereocenters. The van der Waals surface area contributed by atoms with Crippen LogP contribution in [0.4, 0.5) is 3.89 Å². The summed E-state index contributed by atoms with van der Waals surface area (Å²) in [6, 6.07) is 5.38. The monoisotopic (exact) mass is 186 g/mol. The Morgan fingerprint density at radius 3 is 2.58 bits per heavy atom. The van der Waals surface area contributed by atoms with Crippen LogP contribution in [0.15, 0.2) is 23.1 Å². The van der Waals surface area contributed by atoms with Crippen molar-refractivity contribution in [2.24, 2.45) is 0 Å². The average Bonchev–Trinajstić information content (AvgIpc) is 2.03. The number of aliphatic hydroxyl groups is 1. The lowest BCUT2D eigenvalue weighted by Crippen LogP contribution is -1.94. The van der Waals surface area contributed by atoms with Gasteiger partial charge in [-0.15, -0.1) is 0 Å². The van der Waals surface area contributed by atoms with Crippen molar-refractivity contribution in [2.45, 2.75) is 24.8 Å². The summed E-state index contributed by atoms with van der Waals surface area (Å²) in [5.41, 5.74) is 1.52. The molecule has 0 radical (unpaired) electrons. The second-order valence-corrected chi connectivity index (χ2v) is 3.31. The molecule has 0 saturated heterocycles. The van der Waals surface area contributed by atoms with E-state index in [4.69, 9.17) is 0 Å². The van der Waals surface area contributed by atoms with Crippen LogP contribution in [-0.2, 0) is 0 Å². The predicted octanol–water partition coefficient (Wildman–Crippen LogP) is 3.02. The molecule has 0 aromatic heterocycles. The molecule has 0 aliphatic heterocycles. The van der Waals surface area contributed by atoms with E-state index < -0.39 is 6.10 Å². The van der Waals surface area contributed by atoms with Gasteiger partial charge in [0, 0.05) is 4.90 Å². The minimum absolute atomic E-state index is 0.190. The normalized spacial score (nSPS) is 13.0. The van der Waals surface area contributed by atoms with Crippen molar-refractivity contribution in [3.8, 4) is 0 Å². The highest BCUT2D eigenvalue weighted by Gasteiger charge is 2.10. The highest BCUT2D eigenvalue weighted by Crippen LogP contribution is 2.30. The largest absolute Gasteiger partial charge is 0.389 e. The Morgan fingerprint density at radius 2 is 2.17 bits per heavy atom. The second kappa shape index (κ2) is 3.92. The standard InChI is InChI=1S/C9H11FOS/c1-6-4-3-5-8(7(2)11)9(6)12-10/h3-5,7,11H,1-2H3. The van der Waals surface area contributed by atoms with Gasteiger partial charge in [-0.3, -0.25) is 0 Å². The third kappa shape index (κ3) is 1.79. The van der Waals surface area contributed by atoms with Crippen molar-refractivity contribution < 1.29 is 8.99 Å². The fourth-order valence-electron chi connectivity index (χ4n) is 1.11. The molecule has 0 saturated carbocycles. The Balaban J connectivity index is 3.18. The zero-order chi connectivity index (χ0) is 9.14. The molecule has 66 valence electrons. The summed E-state index contributed by atoms with van der Waals surface area (Å²) in [6.07, 6.45) is -0.608. The van der Waals surface area contributed by atoms with E-state index in [9.17, 15) is 8.99 Å². The molecule has 0 aliphatic carbocycles. The Hall–Kier alpha value is -0.540. The molecule has 1 N–H and O–H groups in total. The van der Waals surface area contributed by atoms with Gasteiger partial charge < -0.3 is 5.11 Å². The van der Waals surface area contributed by atoms with E-state index in [0.29, 0.717) is 10.5 Å². The van der Waals surface area contributed by atoms with Gasteiger partial charge in [-0.1, -0.05) is 18.2 Å². The number of aliphatic hydroxyl groups excluding tert-OH is 1. The minimum atomic E-state index is -0.608. The van der Waals surface area contributed by atoms with Crippen LogP contribution in [0.25, 0.3) is 0 Å². The van der Waals surface area contributed by atoms with Crippen LogP contribution in [0, 0.1) is 6.92 Å². The maximum absolute atomic E-state index is 12.4. The SMILES string of the molecule is Cc1cccc(C(C)O)c1SF. The third-order valence-electron chi connectivity index (χ3n) is 1.77. The van der Waals surface area contributed by atoms with Crippen molar-refractivity contribution in [3.63, 3.8) is 0 Å². The van der Waals surface area contributed by atoms with Gasteiger partial charge in [0.25, 0.3) is 0 Å². The molecule has 0 heterocycles. The molecule has 3 heteroatoms. The molecule has 1 unspecified atom stereocenters. The Bertz CT molecular complexity index is 273. The summed E-state index contributed by atoms with van der Waals surface area (Å²) in [4.78, 5) is 0.535. The van der Waals surface area contributed by atoms with E-state index in [1.165, 1.54) is 0 Å². The first-order valence-electron chi connectivity index (χ1n) is 3.73. The van der Waals surface area contributed by atoms with Crippen molar-refractivity contribution in [3.05, 3.63) is 29.3 Å². The lowest BCUT2D eigenvalue weighted by molar-refractivity contribution is 0.196. The minimum Gasteiger partial charge on any atom is -0.389 e. The zero-order valence-corrected chi connectivity index (χ0v) is 7.86. The Labute approximate surface area is 75.9 Å². The van der Waals surface area contributed by atoms with Gasteiger partial charge >= 0.3 is 0 Å². The van der Waals surface area contributed by atoms with Crippen LogP contribution in [0.2, 0.25) is 0 Å². The number of rotatable bonds is 2. The van der Waals surface area contributed by atoms with Gasteiger partial charge in [0.1, 0.15) is 0 Å². The lowest BCUT2D eigenvalue weighted by Gasteiger charge is -2.09. The second-order valence-electron chi connectivity index (χ2n) is 2.75. The maximum Gasteiger partial charge on any atom is 0.0818 e. The fourth-order valence-corrected chi connectivity index (χ4v) is 1.63. The first-order chi connectivity index (χ1) is 5.66. The van der Waals surface area contributed by atoms with Crippen LogP contribution in [0.3, 0.4) is 0 Å². The van der Waals surface area contributed by atoms with E-state index in [-0.39, 0.29) is 12.1 Å². The van der Waals surface area contributed by atoms with Crippen molar-refractivity contribution in [2.75, 3.05) is 0 Å². The highest BCUT2D eigenvalue weighted by atomic mass is 32.2. The molecule has 0 spiro atoms. The third-order valence-corrected chi connectivity index (χ3v) is 2.48. The van der Waals surface area contributed by atoms with Crippen LogP contribution in [-0.4, -0.2) is 5.11 Å². The number of benzene rings is 1. The molecule has 1 nitrogen and oxygen atoms in total. The van der Waals surface area contributed by atoms with Crippen LogP contribution < -0.4 is 0 Å². The number of hydrogen-bond acceptors (Lipinski definition) is 2. The quantitative estimate of drug-likeness (QED) is 0.766. The van der Waals surface area contributed by atoms with Crippen molar-refractivity contribution in [1.29, 1.82) is 0 Å². The van der Waals surface area contributed by atoms with Crippen molar-refractivity contribution in [1.82, 2.24) is 0 Å². The molecule has 0 fully saturated rings. The van der Waals surface area contributed by atoms with Gasteiger partial charge in [0.2, 0.25) is 0 Å². The Kier molecular flexibility index (Phi) is 3.12. The fraction of sp³-hybridized carbons (Fsp3) is 0.333. The highest BCUT2D eigenvalue weighted by molar-refractivity contribution is 7.94. The first-order valence-corrected chi connectivity index (χ1v) is 4.44. The van der Waals surface area contributed by atoms with Gasteiger partial charge in [-0.2, -0.15) is 3.89 Å². The summed E-state index contributed by atoms with van der Waals surface area (Å²) >= 11 is 0.190. The smallest absolute Gasteiger partial charge is 0.0818 e. The van der Waals surface area contributed by atoms with E-state index in [1.807, 2.05) is 19.1 Å². The number of aryl methyl sites for hydroxylation is 1. The van der Waals surface area contributed by atoms with E-state index >= 15 is 0 Å². The van der Waals surface area contributed by atoms with E-state index in [1.54, 1.807) is 13.0 Å². The molecule has 1 rings (SSSR count). The lowest BCUT2D eigenvalue weighted by atomic mass is 10.1. The van der Waals surface area contributed by atoms with E-state index in [0.717, 1.165) is 5.56 Å². The van der Waals surface area contributed by atoms with Gasteiger partial charge in [0.15, 0.2) is 0 Å². The summed E-state index contributed by atoms with van der Waals surface area (Å²) in [6.45, 7) is 3.46. The maximum atomic E-state index is 12.4. The Morgan fingerprint density at radius 1 is 1.50 bits per heavy atom. The van der Waals surface area contributed by atoms with Gasteiger partial charge in [0.05, 0.1) is 18.3 Å². The van der Waals surface area contributed by atoms with Gasteiger partial charge in [-0.05, 0) is 25.0 Å². The zero-order valence-electron chi connectivity index (χ0n) is 7.04. The summed E-state index contributed by atoms with van der Waals surface area (Å²) in [7, 11) is 0. The van der Waals surface area contributed by atoms with Gasteiger partial charge in [-0.25, -0.2) is 0 Å². The van der Waals surface area contributed by atoms with Crippen molar-refractivity contribution >= 4 is 12.1 Å². The molecule has 0 aliphatic rings. The van der Waals surface area contributed by atoms with E-state index in [2.05, 4.69) is 0 Å². The summed E-state index contributed by atoms with van der Waals surface area (Å²) in [5.74, 6) is 0. The topological polar surface area (TPSA) is 20.2 Å². The van der Waals surface area contributed by atoms with Crippen LogP contribution in [0.5, 0.6) is 0 Å². The molecular formula is C9H11FOS. The molecular weight excluding hydrogens is 175 g/mol. The average molecular weight is 186 g/mol. The number of hydrogen-bond donors (Lipinski definition) is 1. The molecule has 1 aromatic carbocycles.